The average molecular weight is 377 g/mol. The minimum absolute atomic E-state index is 0.312. The van der Waals surface area contributed by atoms with Crippen LogP contribution in [0.5, 0.6) is 0 Å². The Balaban J connectivity index is 1.90. The fraction of sp³-hybridized carbons (Fsp3) is 0.333. The Bertz CT molecular complexity index is 943. The van der Waals surface area contributed by atoms with Crippen LogP contribution < -0.4 is 0 Å². The number of hydrogen-bond acceptors (Lipinski definition) is 3. The van der Waals surface area contributed by atoms with Crippen molar-refractivity contribution in [3.05, 3.63) is 77.5 Å². The lowest BCUT2D eigenvalue weighted by molar-refractivity contribution is 0.0254. The molecule has 0 unspecified atom stereocenters. The van der Waals surface area contributed by atoms with Gasteiger partial charge < -0.3 is 4.74 Å². The molecular weight excluding hydrogens is 348 g/mol. The number of rotatable bonds is 4. The van der Waals surface area contributed by atoms with Crippen molar-refractivity contribution in [1.29, 1.82) is 0 Å². The van der Waals surface area contributed by atoms with E-state index in [1.165, 1.54) is 5.57 Å². The summed E-state index contributed by atoms with van der Waals surface area (Å²) in [6, 6.07) is 9.97. The fourth-order valence-electron chi connectivity index (χ4n) is 3.10. The molecule has 0 N–H and O–H groups in total. The summed E-state index contributed by atoms with van der Waals surface area (Å²) in [5.74, 6) is 0. The van der Waals surface area contributed by atoms with Crippen molar-refractivity contribution in [3.63, 3.8) is 0 Å². The van der Waals surface area contributed by atoms with E-state index in [-0.39, 0.29) is 6.09 Å². The third-order valence-corrected chi connectivity index (χ3v) is 4.48. The number of amides is 1. The van der Waals surface area contributed by atoms with Gasteiger partial charge in [0.05, 0.1) is 12.1 Å². The standard InChI is InChI=1S/C24H28N2O2/c1-18-8-7-9-19(13-12-18)16-26(23(27)28-24(2,3)4)17-20-14-15-25-22-11-6-5-10-21(20)22/h5-7,9-15H,8,16-17H2,1-4H3. The molecule has 0 aliphatic heterocycles. The molecule has 1 aromatic heterocycles. The number of para-hydroxylation sites is 1. The Labute approximate surface area is 167 Å². The number of ether oxygens (including phenoxy) is 1. The number of carbonyl (C=O) groups excluding carboxylic acids is 1. The zero-order valence-electron chi connectivity index (χ0n) is 17.1. The van der Waals surface area contributed by atoms with Crippen molar-refractivity contribution >= 4 is 17.0 Å². The molecule has 1 heterocycles. The third-order valence-electron chi connectivity index (χ3n) is 4.48. The third kappa shape index (κ3) is 5.32. The summed E-state index contributed by atoms with van der Waals surface area (Å²) in [6.07, 6.45) is 10.8. The van der Waals surface area contributed by atoms with Crippen molar-refractivity contribution in [1.82, 2.24) is 9.88 Å². The first-order chi connectivity index (χ1) is 13.3. The quantitative estimate of drug-likeness (QED) is 0.677. The van der Waals surface area contributed by atoms with Crippen LogP contribution in [0.25, 0.3) is 10.9 Å². The molecule has 28 heavy (non-hydrogen) atoms. The van der Waals surface area contributed by atoms with Crippen molar-refractivity contribution in [2.45, 2.75) is 46.3 Å². The lowest BCUT2D eigenvalue weighted by Gasteiger charge is -2.28. The highest BCUT2D eigenvalue weighted by Gasteiger charge is 2.23. The maximum atomic E-state index is 12.9. The van der Waals surface area contributed by atoms with Crippen LogP contribution in [-0.4, -0.2) is 28.1 Å². The Hall–Kier alpha value is -2.88. The molecule has 4 nitrogen and oxygen atoms in total. The van der Waals surface area contributed by atoms with E-state index < -0.39 is 5.60 Å². The number of nitrogens with zero attached hydrogens (tertiary/aromatic N) is 2. The summed E-state index contributed by atoms with van der Waals surface area (Å²) >= 11 is 0. The van der Waals surface area contributed by atoms with Gasteiger partial charge in [-0.25, -0.2) is 4.79 Å². The zero-order chi connectivity index (χ0) is 20.1. The van der Waals surface area contributed by atoms with Gasteiger partial charge in [-0.2, -0.15) is 0 Å². The van der Waals surface area contributed by atoms with E-state index in [0.717, 1.165) is 28.5 Å². The molecule has 0 spiro atoms. The van der Waals surface area contributed by atoms with Crippen molar-refractivity contribution in [3.8, 4) is 0 Å². The smallest absolute Gasteiger partial charge is 0.410 e. The number of pyridine rings is 1. The highest BCUT2D eigenvalue weighted by Crippen LogP contribution is 2.21. The molecule has 0 saturated carbocycles. The molecule has 0 bridgehead atoms. The topological polar surface area (TPSA) is 42.4 Å². The monoisotopic (exact) mass is 376 g/mol. The second-order valence-electron chi connectivity index (χ2n) is 8.18. The second-order valence-corrected chi connectivity index (χ2v) is 8.18. The molecular formula is C24H28N2O2. The molecule has 3 rings (SSSR count). The van der Waals surface area contributed by atoms with Gasteiger partial charge in [-0.15, -0.1) is 0 Å². The highest BCUT2D eigenvalue weighted by molar-refractivity contribution is 5.82. The van der Waals surface area contributed by atoms with Crippen LogP contribution in [0.2, 0.25) is 0 Å². The van der Waals surface area contributed by atoms with Crippen LogP contribution in [-0.2, 0) is 11.3 Å². The van der Waals surface area contributed by atoms with Gasteiger partial charge in [0.25, 0.3) is 0 Å². The molecule has 0 saturated heterocycles. The molecule has 2 aromatic rings. The van der Waals surface area contributed by atoms with Gasteiger partial charge in [-0.1, -0.05) is 48.1 Å². The first-order valence-corrected chi connectivity index (χ1v) is 9.65. The van der Waals surface area contributed by atoms with Crippen molar-refractivity contribution in [2.24, 2.45) is 0 Å². The molecule has 4 heteroatoms. The van der Waals surface area contributed by atoms with E-state index in [4.69, 9.17) is 4.74 Å². The molecule has 146 valence electrons. The number of aromatic nitrogens is 1. The van der Waals surface area contributed by atoms with E-state index in [2.05, 4.69) is 36.2 Å². The summed E-state index contributed by atoms with van der Waals surface area (Å²) in [7, 11) is 0. The number of allylic oxidation sites excluding steroid dienone is 4. The van der Waals surface area contributed by atoms with E-state index >= 15 is 0 Å². The molecule has 0 fully saturated rings. The van der Waals surface area contributed by atoms with Crippen LogP contribution in [0.4, 0.5) is 4.79 Å². The van der Waals surface area contributed by atoms with Gasteiger partial charge in [-0.3, -0.25) is 9.88 Å². The van der Waals surface area contributed by atoms with Crippen molar-refractivity contribution in [2.75, 3.05) is 6.54 Å². The van der Waals surface area contributed by atoms with Crippen LogP contribution >= 0.6 is 0 Å². The van der Waals surface area contributed by atoms with Gasteiger partial charge in [0.1, 0.15) is 5.60 Å². The number of benzene rings is 1. The minimum atomic E-state index is -0.542. The number of carbonyl (C=O) groups is 1. The highest BCUT2D eigenvalue weighted by atomic mass is 16.6. The summed E-state index contributed by atoms with van der Waals surface area (Å²) in [4.78, 5) is 19.1. The lowest BCUT2D eigenvalue weighted by Crippen LogP contribution is -2.37. The maximum absolute atomic E-state index is 12.9. The SMILES string of the molecule is CC1=CC=C(CN(Cc2ccnc3ccccc23)C(=O)OC(C)(C)C)C=CC1. The van der Waals surface area contributed by atoms with E-state index in [1.54, 1.807) is 11.1 Å². The Morgan fingerprint density at radius 1 is 1.14 bits per heavy atom. The van der Waals surface area contributed by atoms with Crippen LogP contribution in [0.1, 0.15) is 39.7 Å². The Morgan fingerprint density at radius 2 is 1.93 bits per heavy atom. The van der Waals surface area contributed by atoms with Gasteiger partial charge in [0.2, 0.25) is 0 Å². The largest absolute Gasteiger partial charge is 0.444 e. The number of fused-ring (bicyclic) bond motifs is 1. The molecule has 0 radical (unpaired) electrons. The molecule has 0 atom stereocenters. The predicted molar refractivity (Wildman–Crippen MR) is 114 cm³/mol. The lowest BCUT2D eigenvalue weighted by atomic mass is 10.1. The van der Waals surface area contributed by atoms with Gasteiger partial charge in [0, 0.05) is 18.1 Å². The first-order valence-electron chi connectivity index (χ1n) is 9.65. The van der Waals surface area contributed by atoms with E-state index in [9.17, 15) is 4.79 Å². The summed E-state index contributed by atoms with van der Waals surface area (Å²) < 4.78 is 5.68. The van der Waals surface area contributed by atoms with Gasteiger partial charge >= 0.3 is 6.09 Å². The summed E-state index contributed by atoms with van der Waals surface area (Å²) in [6.45, 7) is 8.74. The molecule has 1 aliphatic rings. The minimum Gasteiger partial charge on any atom is -0.444 e. The number of hydrogen-bond donors (Lipinski definition) is 0. The van der Waals surface area contributed by atoms with Crippen LogP contribution in [0.3, 0.4) is 0 Å². The maximum Gasteiger partial charge on any atom is 0.410 e. The Kier molecular flexibility index (Phi) is 5.98. The molecule has 1 aromatic carbocycles. The van der Waals surface area contributed by atoms with Crippen LogP contribution in [0.15, 0.2) is 72.0 Å². The van der Waals surface area contributed by atoms with E-state index in [1.807, 2.05) is 51.1 Å². The fourth-order valence-corrected chi connectivity index (χ4v) is 3.10. The van der Waals surface area contributed by atoms with Gasteiger partial charge in [0.15, 0.2) is 0 Å². The van der Waals surface area contributed by atoms with Gasteiger partial charge in [-0.05, 0) is 57.4 Å². The zero-order valence-corrected chi connectivity index (χ0v) is 17.1. The van der Waals surface area contributed by atoms with E-state index in [0.29, 0.717) is 13.1 Å². The second kappa shape index (κ2) is 8.42. The average Bonchev–Trinajstić information content (AvgIpc) is 2.84. The summed E-state index contributed by atoms with van der Waals surface area (Å²) in [5, 5.41) is 1.06. The van der Waals surface area contributed by atoms with Crippen LogP contribution in [0, 0.1) is 0 Å². The van der Waals surface area contributed by atoms with Crippen molar-refractivity contribution < 1.29 is 9.53 Å². The molecule has 1 aliphatic carbocycles. The normalized spacial score (nSPS) is 14.3. The molecule has 1 amide bonds. The first kappa shape index (κ1) is 19.9. The summed E-state index contributed by atoms with van der Waals surface area (Å²) in [5.41, 5.74) is 3.83. The Morgan fingerprint density at radius 3 is 2.71 bits per heavy atom. The predicted octanol–water partition coefficient (Wildman–Crippen LogP) is 5.80.